The van der Waals surface area contributed by atoms with E-state index < -0.39 is 10.0 Å². The second-order valence-electron chi connectivity index (χ2n) is 7.23. The van der Waals surface area contributed by atoms with Gasteiger partial charge < -0.3 is 10.1 Å². The number of anilines is 1. The molecule has 3 aromatic carbocycles. The smallest absolute Gasteiger partial charge is 0.262 e. The Morgan fingerprint density at radius 1 is 0.968 bits per heavy atom. The van der Waals surface area contributed by atoms with Crippen LogP contribution in [0.1, 0.15) is 29.3 Å². The molecule has 1 atom stereocenters. The largest absolute Gasteiger partial charge is 0.495 e. The molecule has 0 saturated carbocycles. The van der Waals surface area contributed by atoms with Crippen molar-refractivity contribution in [2.75, 3.05) is 11.8 Å². The molecule has 7 heteroatoms. The van der Waals surface area contributed by atoms with Crippen molar-refractivity contribution in [3.8, 4) is 5.75 Å². The van der Waals surface area contributed by atoms with Gasteiger partial charge in [-0.1, -0.05) is 48.5 Å². The summed E-state index contributed by atoms with van der Waals surface area (Å²) in [6.45, 7) is 1.94. The zero-order valence-corrected chi connectivity index (χ0v) is 18.4. The SMILES string of the molecule is COc1ccccc1NS(=O)(=O)c1cccc(C(=O)NC(C)CCc2ccccc2)c1. The Morgan fingerprint density at radius 2 is 1.68 bits per heavy atom. The lowest BCUT2D eigenvalue weighted by atomic mass is 10.1. The molecule has 0 bridgehead atoms. The molecular weight excluding hydrogens is 412 g/mol. The van der Waals surface area contributed by atoms with Crippen LogP contribution in [-0.2, 0) is 16.4 Å². The van der Waals surface area contributed by atoms with Crippen molar-refractivity contribution in [2.45, 2.75) is 30.7 Å². The minimum absolute atomic E-state index is 0.00277. The number of hydrogen-bond acceptors (Lipinski definition) is 4. The molecule has 1 amide bonds. The van der Waals surface area contributed by atoms with Gasteiger partial charge in [0.05, 0.1) is 17.7 Å². The highest BCUT2D eigenvalue weighted by Gasteiger charge is 2.19. The molecule has 1 unspecified atom stereocenters. The van der Waals surface area contributed by atoms with E-state index in [-0.39, 0.29) is 22.4 Å². The Balaban J connectivity index is 1.67. The van der Waals surface area contributed by atoms with Gasteiger partial charge in [0.2, 0.25) is 0 Å². The molecule has 0 radical (unpaired) electrons. The molecule has 0 aliphatic rings. The van der Waals surface area contributed by atoms with Crippen molar-refractivity contribution in [1.82, 2.24) is 5.32 Å². The molecule has 0 aliphatic heterocycles. The number of aryl methyl sites for hydroxylation is 1. The fourth-order valence-electron chi connectivity index (χ4n) is 3.14. The summed E-state index contributed by atoms with van der Waals surface area (Å²) < 4.78 is 33.4. The van der Waals surface area contributed by atoms with Gasteiger partial charge in [0, 0.05) is 11.6 Å². The number of para-hydroxylation sites is 2. The van der Waals surface area contributed by atoms with Crippen LogP contribution in [-0.4, -0.2) is 27.5 Å². The van der Waals surface area contributed by atoms with Crippen molar-refractivity contribution in [3.63, 3.8) is 0 Å². The maximum atomic E-state index is 12.8. The second kappa shape index (κ2) is 10.1. The zero-order valence-electron chi connectivity index (χ0n) is 17.5. The molecule has 0 spiro atoms. The van der Waals surface area contributed by atoms with Crippen molar-refractivity contribution >= 4 is 21.6 Å². The number of carbonyl (C=O) groups excluding carboxylic acids is 1. The quantitative estimate of drug-likeness (QED) is 0.523. The van der Waals surface area contributed by atoms with Crippen LogP contribution in [0.15, 0.2) is 83.8 Å². The molecule has 162 valence electrons. The van der Waals surface area contributed by atoms with Gasteiger partial charge in [-0.25, -0.2) is 8.42 Å². The number of carbonyl (C=O) groups is 1. The van der Waals surface area contributed by atoms with Gasteiger partial charge in [-0.15, -0.1) is 0 Å². The maximum Gasteiger partial charge on any atom is 0.262 e. The Morgan fingerprint density at radius 3 is 2.42 bits per heavy atom. The molecule has 2 N–H and O–H groups in total. The van der Waals surface area contributed by atoms with Gasteiger partial charge in [-0.05, 0) is 55.7 Å². The topological polar surface area (TPSA) is 84.5 Å². The molecule has 31 heavy (non-hydrogen) atoms. The Bertz CT molecular complexity index is 1130. The van der Waals surface area contributed by atoms with E-state index in [9.17, 15) is 13.2 Å². The second-order valence-corrected chi connectivity index (χ2v) is 8.91. The average molecular weight is 439 g/mol. The molecule has 3 rings (SSSR count). The monoisotopic (exact) mass is 438 g/mol. The first-order valence-electron chi connectivity index (χ1n) is 10.00. The third-order valence-electron chi connectivity index (χ3n) is 4.84. The van der Waals surface area contributed by atoms with Crippen LogP contribution in [0.25, 0.3) is 0 Å². The number of amides is 1. The van der Waals surface area contributed by atoms with E-state index in [0.717, 1.165) is 12.8 Å². The van der Waals surface area contributed by atoms with E-state index in [4.69, 9.17) is 4.74 Å². The number of nitrogens with one attached hydrogen (secondary N) is 2. The predicted molar refractivity (Wildman–Crippen MR) is 122 cm³/mol. The van der Waals surface area contributed by atoms with Gasteiger partial charge in [-0.2, -0.15) is 0 Å². The molecule has 0 aromatic heterocycles. The first kappa shape index (κ1) is 22.4. The van der Waals surface area contributed by atoms with Gasteiger partial charge in [-0.3, -0.25) is 9.52 Å². The lowest BCUT2D eigenvalue weighted by molar-refractivity contribution is 0.0938. The summed E-state index contributed by atoms with van der Waals surface area (Å²) in [4.78, 5) is 12.7. The summed E-state index contributed by atoms with van der Waals surface area (Å²) in [6, 6.07) is 22.7. The number of sulfonamides is 1. The summed E-state index contributed by atoms with van der Waals surface area (Å²) in [5.74, 6) is 0.0992. The van der Waals surface area contributed by atoms with Crippen molar-refractivity contribution in [2.24, 2.45) is 0 Å². The van der Waals surface area contributed by atoms with Gasteiger partial charge in [0.25, 0.3) is 15.9 Å². The number of methoxy groups -OCH3 is 1. The Labute approximate surface area is 183 Å². The molecule has 0 heterocycles. The van der Waals surface area contributed by atoms with E-state index in [1.165, 1.54) is 24.8 Å². The number of ether oxygens (including phenoxy) is 1. The lowest BCUT2D eigenvalue weighted by Crippen LogP contribution is -2.33. The summed E-state index contributed by atoms with van der Waals surface area (Å²) in [5.41, 5.74) is 1.82. The third kappa shape index (κ3) is 6.08. The first-order chi connectivity index (χ1) is 14.9. The normalized spacial score (nSPS) is 12.1. The van der Waals surface area contributed by atoms with E-state index in [1.807, 2.05) is 25.1 Å². The molecular formula is C24H26N2O4S. The van der Waals surface area contributed by atoms with Crippen LogP contribution >= 0.6 is 0 Å². The first-order valence-corrected chi connectivity index (χ1v) is 11.5. The van der Waals surface area contributed by atoms with Crippen LogP contribution in [0, 0.1) is 0 Å². The molecule has 0 fully saturated rings. The van der Waals surface area contributed by atoms with Gasteiger partial charge in [0.15, 0.2) is 0 Å². The minimum Gasteiger partial charge on any atom is -0.495 e. The standard InChI is InChI=1S/C24H26N2O4S/c1-18(15-16-19-9-4-3-5-10-19)25-24(27)20-11-8-12-21(17-20)31(28,29)26-22-13-6-7-14-23(22)30-2/h3-14,17-18,26H,15-16H2,1-2H3,(H,25,27). The number of rotatable bonds is 9. The lowest BCUT2D eigenvalue weighted by Gasteiger charge is -2.15. The van der Waals surface area contributed by atoms with Crippen molar-refractivity contribution < 1.29 is 17.9 Å². The predicted octanol–water partition coefficient (Wildman–Crippen LogP) is 4.25. The van der Waals surface area contributed by atoms with Crippen LogP contribution in [0.3, 0.4) is 0 Å². The summed E-state index contributed by atoms with van der Waals surface area (Å²) >= 11 is 0. The van der Waals surface area contributed by atoms with E-state index in [1.54, 1.807) is 36.4 Å². The number of benzene rings is 3. The zero-order chi connectivity index (χ0) is 22.3. The maximum absolute atomic E-state index is 12.8. The minimum atomic E-state index is -3.89. The third-order valence-corrected chi connectivity index (χ3v) is 6.21. The Hall–Kier alpha value is -3.32. The van der Waals surface area contributed by atoms with Crippen molar-refractivity contribution in [1.29, 1.82) is 0 Å². The van der Waals surface area contributed by atoms with E-state index in [0.29, 0.717) is 11.4 Å². The fourth-order valence-corrected chi connectivity index (χ4v) is 4.26. The van der Waals surface area contributed by atoms with Crippen LogP contribution in [0.5, 0.6) is 5.75 Å². The van der Waals surface area contributed by atoms with Crippen LogP contribution in [0.2, 0.25) is 0 Å². The van der Waals surface area contributed by atoms with Gasteiger partial charge in [0.1, 0.15) is 5.75 Å². The van der Waals surface area contributed by atoms with Gasteiger partial charge >= 0.3 is 0 Å². The van der Waals surface area contributed by atoms with Crippen LogP contribution in [0.4, 0.5) is 5.69 Å². The highest BCUT2D eigenvalue weighted by atomic mass is 32.2. The molecule has 6 nitrogen and oxygen atoms in total. The summed E-state index contributed by atoms with van der Waals surface area (Å²) in [6.07, 6.45) is 1.63. The molecule has 0 aliphatic carbocycles. The van der Waals surface area contributed by atoms with Crippen molar-refractivity contribution in [3.05, 3.63) is 90.0 Å². The Kier molecular flexibility index (Phi) is 7.31. The highest BCUT2D eigenvalue weighted by molar-refractivity contribution is 7.92. The summed E-state index contributed by atoms with van der Waals surface area (Å²) in [5, 5.41) is 2.94. The average Bonchev–Trinajstić information content (AvgIpc) is 2.78. The fraction of sp³-hybridized carbons (Fsp3) is 0.208. The van der Waals surface area contributed by atoms with Crippen LogP contribution < -0.4 is 14.8 Å². The molecule has 0 saturated heterocycles. The van der Waals surface area contributed by atoms with E-state index >= 15 is 0 Å². The van der Waals surface area contributed by atoms with E-state index in [2.05, 4.69) is 22.2 Å². The number of hydrogen-bond donors (Lipinski definition) is 2. The summed E-state index contributed by atoms with van der Waals surface area (Å²) in [7, 11) is -2.42. The molecule has 3 aromatic rings. The highest BCUT2D eigenvalue weighted by Crippen LogP contribution is 2.26.